The first-order valence-corrected chi connectivity index (χ1v) is 11.1. The molecule has 0 unspecified atom stereocenters. The first-order chi connectivity index (χ1) is 16.6. The molecule has 1 aliphatic carbocycles. The molecule has 0 spiro atoms. The highest BCUT2D eigenvalue weighted by atomic mass is 16.5. The van der Waals surface area contributed by atoms with E-state index in [0.29, 0.717) is 24.3 Å². The lowest BCUT2D eigenvalue weighted by molar-refractivity contribution is 0.0600. The number of hydrogen-bond donors (Lipinski definition) is 1. The Labute approximate surface area is 199 Å². The number of alkyl carbamates (subject to hydrolysis) is 1. The molecule has 1 N–H and O–H groups in total. The minimum Gasteiger partial charge on any atom is -0.496 e. The Morgan fingerprint density at radius 3 is 2.26 bits per heavy atom. The molecule has 174 valence electrons. The molecule has 0 radical (unpaired) electrons. The maximum Gasteiger partial charge on any atom is 0.407 e. The molecule has 6 heteroatoms. The first kappa shape index (κ1) is 23.1. The zero-order valence-corrected chi connectivity index (χ0v) is 19.2. The maximum atomic E-state index is 12.3. The van der Waals surface area contributed by atoms with Crippen molar-refractivity contribution in [2.45, 2.75) is 12.3 Å². The fraction of sp³-hybridized carbons (Fsp3) is 0.214. The van der Waals surface area contributed by atoms with E-state index in [1.165, 1.54) is 29.4 Å². The van der Waals surface area contributed by atoms with Crippen LogP contribution in [-0.4, -0.2) is 39.4 Å². The lowest BCUT2D eigenvalue weighted by Gasteiger charge is -2.14. The number of esters is 1. The number of amides is 1. The van der Waals surface area contributed by atoms with E-state index in [2.05, 4.69) is 29.6 Å². The third-order valence-corrected chi connectivity index (χ3v) is 5.87. The van der Waals surface area contributed by atoms with Gasteiger partial charge in [0.2, 0.25) is 0 Å². The van der Waals surface area contributed by atoms with Crippen LogP contribution in [0.3, 0.4) is 0 Å². The van der Waals surface area contributed by atoms with Gasteiger partial charge >= 0.3 is 12.1 Å². The van der Waals surface area contributed by atoms with Crippen LogP contribution in [0.4, 0.5) is 4.79 Å². The molecule has 0 aliphatic heterocycles. The molecule has 3 aromatic rings. The fourth-order valence-corrected chi connectivity index (χ4v) is 4.23. The highest BCUT2D eigenvalue weighted by molar-refractivity contribution is 5.90. The van der Waals surface area contributed by atoms with Crippen LogP contribution in [0.25, 0.3) is 17.2 Å². The van der Waals surface area contributed by atoms with E-state index >= 15 is 0 Å². The van der Waals surface area contributed by atoms with Gasteiger partial charge in [-0.25, -0.2) is 9.59 Å². The summed E-state index contributed by atoms with van der Waals surface area (Å²) in [6.07, 6.45) is 3.91. The normalized spacial score (nSPS) is 12.2. The molecule has 1 amide bonds. The molecule has 0 atom stereocenters. The van der Waals surface area contributed by atoms with Gasteiger partial charge in [0.1, 0.15) is 12.4 Å². The van der Waals surface area contributed by atoms with E-state index in [9.17, 15) is 9.59 Å². The first-order valence-electron chi connectivity index (χ1n) is 11.1. The van der Waals surface area contributed by atoms with E-state index in [-0.39, 0.29) is 12.5 Å². The molecule has 1 aliphatic rings. The van der Waals surface area contributed by atoms with E-state index < -0.39 is 12.1 Å². The van der Waals surface area contributed by atoms with Gasteiger partial charge in [-0.15, -0.1) is 0 Å². The van der Waals surface area contributed by atoms with Gasteiger partial charge in [0, 0.05) is 18.0 Å². The Hall–Kier alpha value is -4.06. The zero-order chi connectivity index (χ0) is 23.9. The minimum atomic E-state index is -0.444. The minimum absolute atomic E-state index is 0.0348. The predicted molar refractivity (Wildman–Crippen MR) is 131 cm³/mol. The van der Waals surface area contributed by atoms with Gasteiger partial charge in [-0.2, -0.15) is 0 Å². The van der Waals surface area contributed by atoms with Crippen molar-refractivity contribution >= 4 is 18.1 Å². The molecular weight excluding hydrogens is 430 g/mol. The van der Waals surface area contributed by atoms with Gasteiger partial charge in [0.15, 0.2) is 0 Å². The lowest BCUT2D eigenvalue weighted by Crippen LogP contribution is -2.26. The second-order valence-corrected chi connectivity index (χ2v) is 7.89. The quantitative estimate of drug-likeness (QED) is 0.361. The van der Waals surface area contributed by atoms with E-state index in [1.54, 1.807) is 25.3 Å². The summed E-state index contributed by atoms with van der Waals surface area (Å²) in [5, 5.41) is 2.79. The van der Waals surface area contributed by atoms with Crippen molar-refractivity contribution in [3.63, 3.8) is 0 Å². The van der Waals surface area contributed by atoms with Gasteiger partial charge in [-0.05, 0) is 46.9 Å². The number of nitrogens with one attached hydrogen (secondary N) is 1. The fourth-order valence-electron chi connectivity index (χ4n) is 4.23. The number of carbonyl (C=O) groups is 2. The predicted octanol–water partition coefficient (Wildman–Crippen LogP) is 5.42. The van der Waals surface area contributed by atoms with E-state index in [1.807, 2.05) is 36.4 Å². The van der Waals surface area contributed by atoms with Crippen LogP contribution in [0, 0.1) is 0 Å². The average Bonchev–Trinajstić information content (AvgIpc) is 3.20. The molecule has 0 bridgehead atoms. The Kier molecular flexibility index (Phi) is 7.28. The molecule has 4 rings (SSSR count). The lowest BCUT2D eigenvalue weighted by atomic mass is 9.98. The second-order valence-electron chi connectivity index (χ2n) is 7.89. The Morgan fingerprint density at radius 1 is 0.941 bits per heavy atom. The van der Waals surface area contributed by atoms with Crippen LogP contribution < -0.4 is 10.1 Å². The largest absolute Gasteiger partial charge is 0.496 e. The van der Waals surface area contributed by atoms with Crippen LogP contribution in [0.5, 0.6) is 5.75 Å². The number of ether oxygens (including phenoxy) is 3. The molecular formula is C28H27NO5. The van der Waals surface area contributed by atoms with Crippen molar-refractivity contribution in [3.8, 4) is 16.9 Å². The molecule has 6 nitrogen and oxygen atoms in total. The van der Waals surface area contributed by atoms with Gasteiger partial charge < -0.3 is 19.5 Å². The highest BCUT2D eigenvalue weighted by Crippen LogP contribution is 2.44. The summed E-state index contributed by atoms with van der Waals surface area (Å²) in [7, 11) is 2.92. The van der Waals surface area contributed by atoms with Gasteiger partial charge in [-0.3, -0.25) is 0 Å². The SMILES string of the molecule is COC(=O)c1ccc(OC)c(C=CCCNC(=O)OCC2c3ccccc3-c3ccccc32)c1. The van der Waals surface area contributed by atoms with Crippen molar-refractivity contribution in [2.75, 3.05) is 27.4 Å². The van der Waals surface area contributed by atoms with Crippen LogP contribution in [0.1, 0.15) is 39.4 Å². The van der Waals surface area contributed by atoms with Crippen molar-refractivity contribution < 1.29 is 23.8 Å². The van der Waals surface area contributed by atoms with Crippen LogP contribution >= 0.6 is 0 Å². The third kappa shape index (κ3) is 4.96. The molecule has 0 saturated carbocycles. The number of methoxy groups -OCH3 is 2. The van der Waals surface area contributed by atoms with Crippen molar-refractivity contribution in [3.05, 3.63) is 95.1 Å². The Bertz CT molecular complexity index is 1170. The number of hydrogen-bond acceptors (Lipinski definition) is 5. The van der Waals surface area contributed by atoms with Crippen LogP contribution in [-0.2, 0) is 9.47 Å². The summed E-state index contributed by atoms with van der Waals surface area (Å²) in [4.78, 5) is 24.0. The van der Waals surface area contributed by atoms with Crippen LogP contribution in [0.2, 0.25) is 0 Å². The molecule has 3 aromatic carbocycles. The molecule has 0 fully saturated rings. The summed E-state index contributed by atoms with van der Waals surface area (Å²) in [5.41, 5.74) is 5.96. The summed E-state index contributed by atoms with van der Waals surface area (Å²) < 4.78 is 15.7. The monoisotopic (exact) mass is 457 g/mol. The van der Waals surface area contributed by atoms with Gasteiger partial charge in [0.05, 0.1) is 19.8 Å². The van der Waals surface area contributed by atoms with Crippen molar-refractivity contribution in [1.82, 2.24) is 5.32 Å². The molecule has 0 aromatic heterocycles. The molecule has 0 saturated heterocycles. The molecule has 0 heterocycles. The summed E-state index contributed by atoms with van der Waals surface area (Å²) in [6.45, 7) is 0.708. The Morgan fingerprint density at radius 2 is 1.62 bits per heavy atom. The number of fused-ring (bicyclic) bond motifs is 3. The van der Waals surface area contributed by atoms with E-state index in [0.717, 1.165) is 5.56 Å². The van der Waals surface area contributed by atoms with Crippen molar-refractivity contribution in [2.24, 2.45) is 0 Å². The number of benzene rings is 3. The summed E-state index contributed by atoms with van der Waals surface area (Å²) in [6, 6.07) is 21.6. The number of rotatable bonds is 8. The van der Waals surface area contributed by atoms with Crippen LogP contribution in [0.15, 0.2) is 72.8 Å². The maximum absolute atomic E-state index is 12.3. The van der Waals surface area contributed by atoms with E-state index in [4.69, 9.17) is 14.2 Å². The third-order valence-electron chi connectivity index (χ3n) is 5.87. The smallest absolute Gasteiger partial charge is 0.407 e. The Balaban J connectivity index is 1.29. The van der Waals surface area contributed by atoms with Crippen molar-refractivity contribution in [1.29, 1.82) is 0 Å². The second kappa shape index (κ2) is 10.7. The van der Waals surface area contributed by atoms with Gasteiger partial charge in [0.25, 0.3) is 0 Å². The number of carbonyl (C=O) groups excluding carboxylic acids is 2. The standard InChI is InChI=1S/C28H27NO5/c1-32-26-15-14-20(27(30)33-2)17-19(26)9-7-8-16-29-28(31)34-18-25-23-12-5-3-10-21(23)22-11-4-6-13-24(22)25/h3-7,9-15,17,25H,8,16,18H2,1-2H3,(H,29,31). The summed E-state index contributed by atoms with van der Waals surface area (Å²) in [5.74, 6) is 0.273. The highest BCUT2D eigenvalue weighted by Gasteiger charge is 2.28. The average molecular weight is 458 g/mol. The van der Waals surface area contributed by atoms with Gasteiger partial charge in [-0.1, -0.05) is 60.7 Å². The topological polar surface area (TPSA) is 73.9 Å². The molecule has 34 heavy (non-hydrogen) atoms. The zero-order valence-electron chi connectivity index (χ0n) is 19.2. The summed E-state index contributed by atoms with van der Waals surface area (Å²) >= 11 is 0.